The van der Waals surface area contributed by atoms with Crippen LogP contribution in [0, 0.1) is 5.92 Å². The summed E-state index contributed by atoms with van der Waals surface area (Å²) in [6.45, 7) is 15.9. The standard InChI is InChI=1S/C24H41N5O/c1-5-25-24(26-15-8-16-28-17-13-20(4)14-18-28)27-19-21-9-11-22(12-10-21)23(30)29(6-2)7-3/h9-12,20H,5-8,13-19H2,1-4H3,(H2,25,26,27). The van der Waals surface area contributed by atoms with Crippen LogP contribution in [0.3, 0.4) is 0 Å². The second-order valence-corrected chi connectivity index (χ2v) is 8.17. The number of rotatable bonds is 10. The number of nitrogens with zero attached hydrogens (tertiary/aromatic N) is 3. The summed E-state index contributed by atoms with van der Waals surface area (Å²) in [5.41, 5.74) is 1.84. The molecule has 0 saturated carbocycles. The van der Waals surface area contributed by atoms with Crippen molar-refractivity contribution in [2.75, 3.05) is 45.8 Å². The summed E-state index contributed by atoms with van der Waals surface area (Å²) in [5, 5.41) is 6.77. The maximum Gasteiger partial charge on any atom is 0.253 e. The summed E-state index contributed by atoms with van der Waals surface area (Å²) in [7, 11) is 0. The van der Waals surface area contributed by atoms with E-state index in [4.69, 9.17) is 4.99 Å². The van der Waals surface area contributed by atoms with Gasteiger partial charge in [-0.15, -0.1) is 0 Å². The molecule has 1 aliphatic heterocycles. The molecule has 0 unspecified atom stereocenters. The van der Waals surface area contributed by atoms with Gasteiger partial charge < -0.3 is 20.4 Å². The van der Waals surface area contributed by atoms with Gasteiger partial charge in [0.05, 0.1) is 6.54 Å². The van der Waals surface area contributed by atoms with Crippen molar-refractivity contribution in [2.45, 2.75) is 53.5 Å². The Bertz CT molecular complexity index is 646. The first kappa shape index (κ1) is 24.2. The van der Waals surface area contributed by atoms with Gasteiger partial charge in [0.1, 0.15) is 0 Å². The molecule has 1 heterocycles. The smallest absolute Gasteiger partial charge is 0.253 e. The summed E-state index contributed by atoms with van der Waals surface area (Å²) in [6, 6.07) is 7.82. The first-order valence-corrected chi connectivity index (χ1v) is 11.7. The van der Waals surface area contributed by atoms with Crippen LogP contribution in [0.15, 0.2) is 29.3 Å². The van der Waals surface area contributed by atoms with Crippen LogP contribution in [0.5, 0.6) is 0 Å². The van der Waals surface area contributed by atoms with Gasteiger partial charge in [-0.3, -0.25) is 4.79 Å². The van der Waals surface area contributed by atoms with Crippen LogP contribution in [0.4, 0.5) is 0 Å². The van der Waals surface area contributed by atoms with Gasteiger partial charge in [0, 0.05) is 31.7 Å². The summed E-state index contributed by atoms with van der Waals surface area (Å²) in [4.78, 5) is 21.5. The number of hydrogen-bond donors (Lipinski definition) is 2. The van der Waals surface area contributed by atoms with E-state index in [2.05, 4.69) is 29.4 Å². The Labute approximate surface area is 183 Å². The van der Waals surface area contributed by atoms with Crippen LogP contribution >= 0.6 is 0 Å². The molecule has 1 aromatic carbocycles. The Morgan fingerprint density at radius 3 is 2.37 bits per heavy atom. The minimum atomic E-state index is 0.0909. The fourth-order valence-electron chi connectivity index (χ4n) is 3.75. The Kier molecular flexibility index (Phi) is 10.7. The zero-order valence-corrected chi connectivity index (χ0v) is 19.4. The molecule has 1 amide bonds. The number of benzene rings is 1. The van der Waals surface area contributed by atoms with Gasteiger partial charge in [-0.25, -0.2) is 4.99 Å². The molecule has 1 aliphatic rings. The highest BCUT2D eigenvalue weighted by Gasteiger charge is 2.15. The molecule has 168 valence electrons. The maximum atomic E-state index is 12.4. The lowest BCUT2D eigenvalue weighted by Gasteiger charge is -2.30. The van der Waals surface area contributed by atoms with Crippen LogP contribution in [-0.4, -0.2) is 67.5 Å². The minimum absolute atomic E-state index is 0.0909. The van der Waals surface area contributed by atoms with E-state index in [0.717, 1.165) is 62.1 Å². The van der Waals surface area contributed by atoms with Crippen molar-refractivity contribution in [3.05, 3.63) is 35.4 Å². The van der Waals surface area contributed by atoms with E-state index in [0.29, 0.717) is 6.54 Å². The first-order chi connectivity index (χ1) is 14.6. The zero-order chi connectivity index (χ0) is 21.8. The van der Waals surface area contributed by atoms with Gasteiger partial charge >= 0.3 is 0 Å². The third-order valence-corrected chi connectivity index (χ3v) is 5.84. The summed E-state index contributed by atoms with van der Waals surface area (Å²) in [6.07, 6.45) is 3.79. The molecule has 1 fully saturated rings. The van der Waals surface area contributed by atoms with Crippen molar-refractivity contribution in [3.63, 3.8) is 0 Å². The number of carbonyl (C=O) groups is 1. The third-order valence-electron chi connectivity index (χ3n) is 5.84. The van der Waals surface area contributed by atoms with Crippen molar-refractivity contribution in [2.24, 2.45) is 10.9 Å². The van der Waals surface area contributed by atoms with Crippen LogP contribution < -0.4 is 10.6 Å². The molecule has 0 atom stereocenters. The van der Waals surface area contributed by atoms with E-state index in [1.165, 1.54) is 25.9 Å². The normalized spacial score (nSPS) is 15.8. The van der Waals surface area contributed by atoms with Crippen LogP contribution in [0.2, 0.25) is 0 Å². The monoisotopic (exact) mass is 415 g/mol. The second kappa shape index (κ2) is 13.3. The molecule has 6 nitrogen and oxygen atoms in total. The Hall–Kier alpha value is -2.08. The quantitative estimate of drug-likeness (QED) is 0.350. The van der Waals surface area contributed by atoms with Crippen molar-refractivity contribution >= 4 is 11.9 Å². The highest BCUT2D eigenvalue weighted by atomic mass is 16.2. The van der Waals surface area contributed by atoms with E-state index in [-0.39, 0.29) is 5.91 Å². The van der Waals surface area contributed by atoms with Crippen molar-refractivity contribution in [1.82, 2.24) is 20.4 Å². The lowest BCUT2D eigenvalue weighted by atomic mass is 9.99. The number of carbonyl (C=O) groups excluding carboxylic acids is 1. The lowest BCUT2D eigenvalue weighted by molar-refractivity contribution is 0.0773. The average molecular weight is 416 g/mol. The highest BCUT2D eigenvalue weighted by Crippen LogP contribution is 2.15. The van der Waals surface area contributed by atoms with E-state index in [9.17, 15) is 4.79 Å². The molecular formula is C24H41N5O. The second-order valence-electron chi connectivity index (χ2n) is 8.17. The van der Waals surface area contributed by atoms with Gasteiger partial charge in [-0.05, 0) is 83.3 Å². The lowest BCUT2D eigenvalue weighted by Crippen LogP contribution is -2.39. The summed E-state index contributed by atoms with van der Waals surface area (Å²) >= 11 is 0. The van der Waals surface area contributed by atoms with Crippen LogP contribution in [0.1, 0.15) is 62.9 Å². The fraction of sp³-hybridized carbons (Fsp3) is 0.667. The number of piperidine rings is 1. The number of guanidine groups is 1. The largest absolute Gasteiger partial charge is 0.357 e. The third kappa shape index (κ3) is 7.98. The minimum Gasteiger partial charge on any atom is -0.357 e. The molecule has 0 bridgehead atoms. The number of aliphatic imine (C=N–C) groups is 1. The summed E-state index contributed by atoms with van der Waals surface area (Å²) in [5.74, 6) is 1.83. The van der Waals surface area contributed by atoms with E-state index >= 15 is 0 Å². The van der Waals surface area contributed by atoms with Gasteiger partial charge in [0.2, 0.25) is 0 Å². The molecule has 2 N–H and O–H groups in total. The topological polar surface area (TPSA) is 60.0 Å². The Balaban J connectivity index is 1.79. The van der Waals surface area contributed by atoms with Crippen molar-refractivity contribution < 1.29 is 4.79 Å². The zero-order valence-electron chi connectivity index (χ0n) is 19.4. The van der Waals surface area contributed by atoms with E-state index < -0.39 is 0 Å². The molecule has 6 heteroatoms. The van der Waals surface area contributed by atoms with Gasteiger partial charge in [-0.2, -0.15) is 0 Å². The number of nitrogens with one attached hydrogen (secondary N) is 2. The molecule has 30 heavy (non-hydrogen) atoms. The van der Waals surface area contributed by atoms with Gasteiger partial charge in [-0.1, -0.05) is 19.1 Å². The number of likely N-dealkylation sites (tertiary alicyclic amines) is 1. The van der Waals surface area contributed by atoms with Gasteiger partial charge in [0.25, 0.3) is 5.91 Å². The average Bonchev–Trinajstić information content (AvgIpc) is 2.77. The van der Waals surface area contributed by atoms with E-state index in [1.807, 2.05) is 43.0 Å². The molecule has 0 spiro atoms. The molecule has 1 aromatic rings. The molecule has 0 aromatic heterocycles. The fourth-order valence-corrected chi connectivity index (χ4v) is 3.75. The van der Waals surface area contributed by atoms with E-state index in [1.54, 1.807) is 0 Å². The Morgan fingerprint density at radius 1 is 1.10 bits per heavy atom. The summed E-state index contributed by atoms with van der Waals surface area (Å²) < 4.78 is 0. The molecule has 1 saturated heterocycles. The van der Waals surface area contributed by atoms with Crippen LogP contribution in [-0.2, 0) is 6.54 Å². The number of amides is 1. The van der Waals surface area contributed by atoms with Gasteiger partial charge in [0.15, 0.2) is 5.96 Å². The molecule has 0 aliphatic carbocycles. The Morgan fingerprint density at radius 2 is 1.77 bits per heavy atom. The predicted octanol–water partition coefficient (Wildman–Crippen LogP) is 3.35. The van der Waals surface area contributed by atoms with Crippen molar-refractivity contribution in [1.29, 1.82) is 0 Å². The maximum absolute atomic E-state index is 12.4. The highest BCUT2D eigenvalue weighted by molar-refractivity contribution is 5.94. The number of hydrogen-bond acceptors (Lipinski definition) is 3. The molecule has 2 rings (SSSR count). The predicted molar refractivity (Wildman–Crippen MR) is 126 cm³/mol. The van der Waals surface area contributed by atoms with Crippen LogP contribution in [0.25, 0.3) is 0 Å². The molecule has 0 radical (unpaired) electrons. The first-order valence-electron chi connectivity index (χ1n) is 11.7. The SMILES string of the molecule is CCNC(=NCc1ccc(C(=O)N(CC)CC)cc1)NCCCN1CCC(C)CC1. The molecular weight excluding hydrogens is 374 g/mol. The van der Waals surface area contributed by atoms with Crippen molar-refractivity contribution in [3.8, 4) is 0 Å².